The first kappa shape index (κ1) is 21.1. The fourth-order valence-corrected chi connectivity index (χ4v) is 6.12. The number of nitrogens with zero attached hydrogens (tertiary/aromatic N) is 3. The number of carbonyl (C=O) groups excluding carboxylic acids is 1. The maximum atomic E-state index is 13.5. The first-order chi connectivity index (χ1) is 16.4. The van der Waals surface area contributed by atoms with Gasteiger partial charge in [0.2, 0.25) is 0 Å². The van der Waals surface area contributed by atoms with Crippen molar-refractivity contribution in [3.63, 3.8) is 0 Å². The van der Waals surface area contributed by atoms with Gasteiger partial charge in [-0.2, -0.15) is 0 Å². The molecule has 1 saturated heterocycles. The molecule has 0 bridgehead atoms. The van der Waals surface area contributed by atoms with Crippen LogP contribution in [0, 0.1) is 20.8 Å². The molecule has 2 unspecified atom stereocenters. The van der Waals surface area contributed by atoms with Gasteiger partial charge >= 0.3 is 0 Å². The van der Waals surface area contributed by atoms with Crippen molar-refractivity contribution >= 4 is 50.0 Å². The van der Waals surface area contributed by atoms with E-state index in [0.29, 0.717) is 10.2 Å². The number of aromatic amines is 1. The highest BCUT2D eigenvalue weighted by atomic mass is 35.5. The topological polar surface area (TPSA) is 71.0 Å². The zero-order valence-corrected chi connectivity index (χ0v) is 20.4. The van der Waals surface area contributed by atoms with E-state index in [0.717, 1.165) is 43.7 Å². The van der Waals surface area contributed by atoms with Gasteiger partial charge in [0.25, 0.3) is 11.5 Å². The minimum atomic E-state index is -0.796. The Bertz CT molecular complexity index is 1670. The van der Waals surface area contributed by atoms with Gasteiger partial charge in [-0.15, -0.1) is 22.9 Å². The SMILES string of the molecule is Cc1ccc2[nH]c(-c3ccccc3)c(C3C(Cl)C(=O)N3n3cnc4sc(C)c(C)c4c3=O)c2c1. The number of hydrogen-bond acceptors (Lipinski definition) is 4. The fourth-order valence-electron chi connectivity index (χ4n) is 4.79. The van der Waals surface area contributed by atoms with Crippen LogP contribution >= 0.6 is 22.9 Å². The molecule has 1 fully saturated rings. The Morgan fingerprint density at radius 3 is 2.59 bits per heavy atom. The van der Waals surface area contributed by atoms with E-state index in [4.69, 9.17) is 11.6 Å². The van der Waals surface area contributed by atoms with E-state index in [9.17, 15) is 9.59 Å². The molecule has 6 nitrogen and oxygen atoms in total. The smallest absolute Gasteiger partial charge is 0.281 e. The summed E-state index contributed by atoms with van der Waals surface area (Å²) in [6, 6.07) is 15.6. The number of rotatable bonds is 3. The maximum absolute atomic E-state index is 13.5. The van der Waals surface area contributed by atoms with Crippen LogP contribution < -0.4 is 10.6 Å². The summed E-state index contributed by atoms with van der Waals surface area (Å²) in [5.74, 6) is -0.319. The van der Waals surface area contributed by atoms with E-state index in [1.54, 1.807) is 0 Å². The average Bonchev–Trinajstić information content (AvgIpc) is 3.35. The first-order valence-corrected chi connectivity index (χ1v) is 12.2. The van der Waals surface area contributed by atoms with E-state index in [1.165, 1.54) is 27.3 Å². The Balaban J connectivity index is 1.60. The third-order valence-electron chi connectivity index (χ3n) is 6.66. The van der Waals surface area contributed by atoms with Crippen molar-refractivity contribution in [1.29, 1.82) is 0 Å². The van der Waals surface area contributed by atoms with Crippen molar-refractivity contribution in [2.45, 2.75) is 32.2 Å². The van der Waals surface area contributed by atoms with Crippen LogP contribution in [-0.4, -0.2) is 25.9 Å². The normalized spacial score (nSPS) is 18.1. The largest absolute Gasteiger partial charge is 0.354 e. The van der Waals surface area contributed by atoms with Crippen LogP contribution in [0.5, 0.6) is 0 Å². The number of benzene rings is 2. The number of β-lactam (4-membered cyclic amide) rings is 1. The van der Waals surface area contributed by atoms with E-state index >= 15 is 0 Å². The van der Waals surface area contributed by atoms with Gasteiger partial charge in [-0.05, 0) is 44.0 Å². The van der Waals surface area contributed by atoms with Crippen LogP contribution in [0.4, 0.5) is 0 Å². The summed E-state index contributed by atoms with van der Waals surface area (Å²) in [7, 11) is 0. The second-order valence-corrected chi connectivity index (χ2v) is 10.4. The molecule has 2 aromatic carbocycles. The fraction of sp³-hybridized carbons (Fsp3) is 0.192. The Morgan fingerprint density at radius 1 is 1.06 bits per heavy atom. The third-order valence-corrected chi connectivity index (χ3v) is 8.20. The molecule has 2 atom stereocenters. The molecule has 4 heterocycles. The van der Waals surface area contributed by atoms with E-state index < -0.39 is 11.4 Å². The van der Waals surface area contributed by atoms with Crippen molar-refractivity contribution in [3.05, 3.63) is 86.8 Å². The second kappa shape index (κ2) is 7.55. The van der Waals surface area contributed by atoms with Crippen LogP contribution in [-0.2, 0) is 4.79 Å². The molecule has 6 rings (SSSR count). The third kappa shape index (κ3) is 2.90. The van der Waals surface area contributed by atoms with Gasteiger partial charge in [0.1, 0.15) is 22.6 Å². The highest BCUT2D eigenvalue weighted by molar-refractivity contribution is 7.18. The minimum Gasteiger partial charge on any atom is -0.354 e. The molecule has 170 valence electrons. The molecule has 1 aliphatic heterocycles. The number of aryl methyl sites for hydroxylation is 3. The molecule has 0 saturated carbocycles. The quantitative estimate of drug-likeness (QED) is 0.274. The second-order valence-electron chi connectivity index (χ2n) is 8.72. The predicted molar refractivity (Wildman–Crippen MR) is 137 cm³/mol. The van der Waals surface area contributed by atoms with Crippen LogP contribution in [0.2, 0.25) is 0 Å². The maximum Gasteiger partial charge on any atom is 0.281 e. The monoisotopic (exact) mass is 488 g/mol. The summed E-state index contributed by atoms with van der Waals surface area (Å²) in [5.41, 5.74) is 5.46. The lowest BCUT2D eigenvalue weighted by Crippen LogP contribution is -2.64. The van der Waals surface area contributed by atoms with Gasteiger partial charge in [0, 0.05) is 21.3 Å². The number of thiophene rings is 1. The van der Waals surface area contributed by atoms with Crippen molar-refractivity contribution in [2.75, 3.05) is 5.01 Å². The highest BCUT2D eigenvalue weighted by Crippen LogP contribution is 2.45. The predicted octanol–water partition coefficient (Wildman–Crippen LogP) is 5.36. The Morgan fingerprint density at radius 2 is 1.82 bits per heavy atom. The zero-order valence-electron chi connectivity index (χ0n) is 18.8. The van der Waals surface area contributed by atoms with Crippen LogP contribution in [0.3, 0.4) is 0 Å². The van der Waals surface area contributed by atoms with Crippen molar-refractivity contribution in [1.82, 2.24) is 14.6 Å². The number of amides is 1. The van der Waals surface area contributed by atoms with Crippen LogP contribution in [0.1, 0.15) is 27.6 Å². The molecule has 0 radical (unpaired) electrons. The zero-order chi connectivity index (χ0) is 23.7. The molecule has 5 aromatic rings. The lowest BCUT2D eigenvalue weighted by atomic mass is 9.90. The van der Waals surface area contributed by atoms with Crippen molar-refractivity contribution in [2.24, 2.45) is 0 Å². The van der Waals surface area contributed by atoms with E-state index in [-0.39, 0.29) is 11.5 Å². The summed E-state index contributed by atoms with van der Waals surface area (Å²) in [6.07, 6.45) is 1.44. The average molecular weight is 489 g/mol. The first-order valence-electron chi connectivity index (χ1n) is 11.0. The van der Waals surface area contributed by atoms with Gasteiger partial charge in [-0.1, -0.05) is 42.0 Å². The van der Waals surface area contributed by atoms with Gasteiger partial charge in [-0.3, -0.25) is 9.59 Å². The summed E-state index contributed by atoms with van der Waals surface area (Å²) in [6.45, 7) is 5.92. The molecule has 1 N–H and O–H groups in total. The summed E-state index contributed by atoms with van der Waals surface area (Å²) in [4.78, 5) is 36.4. The molecular formula is C26H21ClN4O2S. The molecule has 34 heavy (non-hydrogen) atoms. The number of H-pyrrole nitrogens is 1. The molecule has 3 aromatic heterocycles. The van der Waals surface area contributed by atoms with E-state index in [2.05, 4.69) is 16.0 Å². The number of aromatic nitrogens is 3. The van der Waals surface area contributed by atoms with Gasteiger partial charge in [0.05, 0.1) is 11.1 Å². The Labute approximate surface area is 204 Å². The molecule has 0 aliphatic carbocycles. The number of halogens is 1. The summed E-state index contributed by atoms with van der Waals surface area (Å²) < 4.78 is 1.33. The molecule has 1 aliphatic rings. The molecular weight excluding hydrogens is 468 g/mol. The number of nitrogens with one attached hydrogen (secondary N) is 1. The van der Waals surface area contributed by atoms with Crippen molar-refractivity contribution in [3.8, 4) is 11.3 Å². The van der Waals surface area contributed by atoms with Crippen LogP contribution in [0.25, 0.3) is 32.4 Å². The molecule has 1 amide bonds. The lowest BCUT2D eigenvalue weighted by Gasteiger charge is -2.44. The number of hydrogen-bond donors (Lipinski definition) is 1. The highest BCUT2D eigenvalue weighted by Gasteiger charge is 2.51. The van der Waals surface area contributed by atoms with Crippen LogP contribution in [0.15, 0.2) is 59.7 Å². The summed E-state index contributed by atoms with van der Waals surface area (Å²) >= 11 is 8.15. The Hall–Kier alpha value is -3.42. The lowest BCUT2D eigenvalue weighted by molar-refractivity contribution is -0.126. The number of alkyl halides is 1. The van der Waals surface area contributed by atoms with Gasteiger partial charge < -0.3 is 4.98 Å². The minimum absolute atomic E-state index is 0.258. The summed E-state index contributed by atoms with van der Waals surface area (Å²) in [5, 5.41) is 2.19. The number of carbonyl (C=O) groups is 1. The standard InChI is InChI=1S/C26H21ClN4O2S/c1-13-9-10-18-17(11-13)20(22(29-18)16-7-5-4-6-8-16)23-21(27)26(33)31(23)30-12-28-24-19(25(30)32)14(2)15(3)34-24/h4-12,21,23,29H,1-3H3. The number of fused-ring (bicyclic) bond motifs is 2. The molecule has 8 heteroatoms. The van der Waals surface area contributed by atoms with Gasteiger partial charge in [-0.25, -0.2) is 14.7 Å². The Kier molecular flexibility index (Phi) is 4.69. The molecule has 0 spiro atoms. The van der Waals surface area contributed by atoms with E-state index in [1.807, 2.05) is 63.2 Å². The van der Waals surface area contributed by atoms with Crippen molar-refractivity contribution < 1.29 is 4.79 Å². The van der Waals surface area contributed by atoms with Gasteiger partial charge in [0.15, 0.2) is 0 Å².